The number of H-pyrrole nitrogens is 2. The van der Waals surface area contributed by atoms with Gasteiger partial charge in [-0.25, -0.2) is 15.0 Å². The predicted octanol–water partition coefficient (Wildman–Crippen LogP) is 2.26. The summed E-state index contributed by atoms with van der Waals surface area (Å²) in [4.78, 5) is 22.2. The third-order valence-electron chi connectivity index (χ3n) is 3.74. The molecular weight excluding hydrogens is 252 g/mol. The van der Waals surface area contributed by atoms with Crippen LogP contribution in [0, 0.1) is 6.92 Å². The van der Waals surface area contributed by atoms with Crippen LogP contribution in [0.1, 0.15) is 18.5 Å². The summed E-state index contributed by atoms with van der Waals surface area (Å²) < 4.78 is 0. The molecule has 0 aliphatic carbocycles. The number of aromatic amines is 2. The molecule has 0 unspecified atom stereocenters. The van der Waals surface area contributed by atoms with E-state index in [-0.39, 0.29) is 0 Å². The van der Waals surface area contributed by atoms with Gasteiger partial charge in [0.05, 0.1) is 5.69 Å². The maximum atomic E-state index is 4.56. The summed E-state index contributed by atoms with van der Waals surface area (Å²) in [5, 5.41) is 0. The maximum Gasteiger partial charge on any atom is 0.180 e. The highest BCUT2D eigenvalue weighted by Crippen LogP contribution is 2.29. The van der Waals surface area contributed by atoms with E-state index in [1.807, 2.05) is 6.92 Å². The molecule has 0 bridgehead atoms. The van der Waals surface area contributed by atoms with E-state index >= 15 is 0 Å². The summed E-state index contributed by atoms with van der Waals surface area (Å²) >= 11 is 0. The van der Waals surface area contributed by atoms with E-state index < -0.39 is 0 Å². The molecule has 6 heteroatoms. The summed E-state index contributed by atoms with van der Waals surface area (Å²) in [6.45, 7) is 4.22. The Hall–Kier alpha value is -2.37. The number of anilines is 1. The van der Waals surface area contributed by atoms with Crippen molar-refractivity contribution in [1.82, 2.24) is 24.9 Å². The molecule has 0 amide bonds. The van der Waals surface area contributed by atoms with Crippen LogP contribution in [0.5, 0.6) is 0 Å². The smallest absolute Gasteiger partial charge is 0.180 e. The Balaban J connectivity index is 1.90. The van der Waals surface area contributed by atoms with Crippen molar-refractivity contribution in [1.29, 1.82) is 0 Å². The molecule has 0 saturated carbocycles. The molecule has 4 rings (SSSR count). The first kappa shape index (κ1) is 11.5. The molecule has 0 radical (unpaired) electrons. The zero-order valence-electron chi connectivity index (χ0n) is 11.3. The molecule has 2 N–H and O–H groups in total. The van der Waals surface area contributed by atoms with Gasteiger partial charge in [-0.15, -0.1) is 0 Å². The Bertz CT molecular complexity index is 736. The summed E-state index contributed by atoms with van der Waals surface area (Å²) in [6, 6.07) is 2.14. The zero-order valence-corrected chi connectivity index (χ0v) is 11.3. The van der Waals surface area contributed by atoms with Crippen LogP contribution in [0.25, 0.3) is 22.8 Å². The molecule has 1 aliphatic heterocycles. The van der Waals surface area contributed by atoms with Crippen molar-refractivity contribution in [2.24, 2.45) is 0 Å². The minimum Gasteiger partial charge on any atom is -0.370 e. The third kappa shape index (κ3) is 1.76. The molecule has 102 valence electrons. The van der Waals surface area contributed by atoms with E-state index in [2.05, 4.69) is 35.9 Å². The van der Waals surface area contributed by atoms with Gasteiger partial charge in [0.25, 0.3) is 0 Å². The minimum atomic E-state index is 0.739. The summed E-state index contributed by atoms with van der Waals surface area (Å²) in [7, 11) is 0. The van der Waals surface area contributed by atoms with Crippen molar-refractivity contribution in [3.8, 4) is 11.6 Å². The van der Waals surface area contributed by atoms with Crippen LogP contribution in [-0.4, -0.2) is 38.0 Å². The molecule has 3 aromatic rings. The highest BCUT2D eigenvalue weighted by atomic mass is 15.2. The Labute approximate surface area is 116 Å². The van der Waals surface area contributed by atoms with Gasteiger partial charge >= 0.3 is 0 Å². The second kappa shape index (κ2) is 4.33. The summed E-state index contributed by atoms with van der Waals surface area (Å²) in [5.74, 6) is 1.48. The fraction of sp³-hybridized carbons (Fsp3) is 0.357. The molecule has 20 heavy (non-hydrogen) atoms. The fourth-order valence-electron chi connectivity index (χ4n) is 2.81. The third-order valence-corrected chi connectivity index (χ3v) is 3.74. The molecule has 1 saturated heterocycles. The van der Waals surface area contributed by atoms with E-state index in [4.69, 9.17) is 0 Å². The van der Waals surface area contributed by atoms with Crippen molar-refractivity contribution < 1.29 is 0 Å². The Kier molecular flexibility index (Phi) is 2.48. The van der Waals surface area contributed by atoms with Gasteiger partial charge in [-0.2, -0.15) is 0 Å². The lowest BCUT2D eigenvalue weighted by molar-refractivity contribution is 0.949. The van der Waals surface area contributed by atoms with E-state index in [1.54, 1.807) is 12.4 Å². The maximum absolute atomic E-state index is 4.56. The van der Waals surface area contributed by atoms with Crippen LogP contribution in [0.4, 0.5) is 5.69 Å². The Morgan fingerprint density at radius 3 is 2.75 bits per heavy atom. The van der Waals surface area contributed by atoms with Gasteiger partial charge < -0.3 is 14.9 Å². The van der Waals surface area contributed by atoms with Crippen LogP contribution in [-0.2, 0) is 0 Å². The first-order valence-corrected chi connectivity index (χ1v) is 6.93. The lowest BCUT2D eigenvalue weighted by Gasteiger charge is -2.18. The van der Waals surface area contributed by atoms with Gasteiger partial charge in [0.1, 0.15) is 5.52 Å². The lowest BCUT2D eigenvalue weighted by Crippen LogP contribution is -2.18. The molecule has 4 heterocycles. The van der Waals surface area contributed by atoms with E-state index in [0.29, 0.717) is 0 Å². The number of imidazole rings is 2. The van der Waals surface area contributed by atoms with Gasteiger partial charge in [-0.3, -0.25) is 0 Å². The Morgan fingerprint density at radius 2 is 2.00 bits per heavy atom. The first-order chi connectivity index (χ1) is 9.81. The number of aromatic nitrogens is 5. The second-order valence-corrected chi connectivity index (χ2v) is 5.20. The van der Waals surface area contributed by atoms with Crippen molar-refractivity contribution in [2.75, 3.05) is 18.0 Å². The molecular formula is C14H16N6. The number of pyridine rings is 1. The first-order valence-electron chi connectivity index (χ1n) is 6.93. The molecule has 1 fully saturated rings. The van der Waals surface area contributed by atoms with Crippen LogP contribution >= 0.6 is 0 Å². The van der Waals surface area contributed by atoms with Crippen LogP contribution in [0.15, 0.2) is 18.5 Å². The Morgan fingerprint density at radius 1 is 1.15 bits per heavy atom. The minimum absolute atomic E-state index is 0.739. The topological polar surface area (TPSA) is 73.5 Å². The second-order valence-electron chi connectivity index (χ2n) is 5.20. The quantitative estimate of drug-likeness (QED) is 0.747. The van der Waals surface area contributed by atoms with E-state index in [0.717, 1.165) is 41.6 Å². The average Bonchev–Trinajstić information content (AvgIpc) is 3.18. The number of nitrogens with zero attached hydrogens (tertiary/aromatic N) is 4. The predicted molar refractivity (Wildman–Crippen MR) is 77.7 cm³/mol. The largest absolute Gasteiger partial charge is 0.370 e. The molecule has 1 aliphatic rings. The fourth-order valence-corrected chi connectivity index (χ4v) is 2.81. The SMILES string of the molecule is Cc1cc(N2CCCC2)c2[nH]c(-c3ncc[nH]3)nc2n1. The molecule has 0 aromatic carbocycles. The molecule has 6 nitrogen and oxygen atoms in total. The van der Waals surface area contributed by atoms with Gasteiger partial charge in [0.2, 0.25) is 0 Å². The van der Waals surface area contributed by atoms with Gasteiger partial charge in [0.15, 0.2) is 17.3 Å². The zero-order chi connectivity index (χ0) is 13.5. The van der Waals surface area contributed by atoms with Crippen molar-refractivity contribution in [3.63, 3.8) is 0 Å². The van der Waals surface area contributed by atoms with Crippen molar-refractivity contribution >= 4 is 16.9 Å². The summed E-state index contributed by atoms with van der Waals surface area (Å²) in [5.41, 5.74) is 3.97. The van der Waals surface area contributed by atoms with E-state index in [1.165, 1.54) is 18.5 Å². The van der Waals surface area contributed by atoms with Gasteiger partial charge in [0, 0.05) is 31.2 Å². The number of rotatable bonds is 2. The number of hydrogen-bond acceptors (Lipinski definition) is 4. The lowest BCUT2D eigenvalue weighted by atomic mass is 10.3. The van der Waals surface area contributed by atoms with Crippen LogP contribution < -0.4 is 4.90 Å². The van der Waals surface area contributed by atoms with Crippen molar-refractivity contribution in [3.05, 3.63) is 24.2 Å². The van der Waals surface area contributed by atoms with Crippen LogP contribution in [0.2, 0.25) is 0 Å². The summed E-state index contributed by atoms with van der Waals surface area (Å²) in [6.07, 6.45) is 6.02. The molecule has 0 atom stereocenters. The number of nitrogens with one attached hydrogen (secondary N) is 2. The number of fused-ring (bicyclic) bond motifs is 1. The number of aryl methyl sites for hydroxylation is 1. The highest BCUT2D eigenvalue weighted by Gasteiger charge is 2.19. The molecule has 3 aromatic heterocycles. The highest BCUT2D eigenvalue weighted by molar-refractivity contribution is 5.88. The van der Waals surface area contributed by atoms with E-state index in [9.17, 15) is 0 Å². The van der Waals surface area contributed by atoms with Crippen molar-refractivity contribution in [2.45, 2.75) is 19.8 Å². The van der Waals surface area contributed by atoms with Crippen LogP contribution in [0.3, 0.4) is 0 Å². The van der Waals surface area contributed by atoms with Gasteiger partial charge in [-0.1, -0.05) is 0 Å². The number of hydrogen-bond donors (Lipinski definition) is 2. The average molecular weight is 268 g/mol. The molecule has 0 spiro atoms. The standard InChI is InChI=1S/C14H16N6/c1-9-8-10(20-6-2-3-7-20)11-12(17-9)19-14(18-11)13-15-4-5-16-13/h4-5,8H,2-3,6-7H2,1H3,(H,15,16)(H,17,18,19). The normalized spacial score (nSPS) is 15.3. The monoisotopic (exact) mass is 268 g/mol. The van der Waals surface area contributed by atoms with Gasteiger partial charge in [-0.05, 0) is 25.8 Å².